The molecule has 0 atom stereocenters. The second kappa shape index (κ2) is 7.36. The van der Waals surface area contributed by atoms with E-state index in [0.29, 0.717) is 12.4 Å². The lowest BCUT2D eigenvalue weighted by Gasteiger charge is -2.15. The van der Waals surface area contributed by atoms with Gasteiger partial charge in [0, 0.05) is 19.6 Å². The Hall–Kier alpha value is -1.26. The van der Waals surface area contributed by atoms with Crippen LogP contribution in [0, 0.1) is 0 Å². The van der Waals surface area contributed by atoms with Gasteiger partial charge in [-0.15, -0.1) is 0 Å². The summed E-state index contributed by atoms with van der Waals surface area (Å²) in [5.74, 6) is 0.781. The molecule has 1 aliphatic rings. The Morgan fingerprint density at radius 2 is 2.11 bits per heavy atom. The third-order valence-electron chi connectivity index (χ3n) is 3.46. The highest BCUT2D eigenvalue weighted by atomic mass is 16.5. The second-order valence-electron chi connectivity index (χ2n) is 4.96. The number of phenols is 1. The molecule has 0 bridgehead atoms. The first-order valence-electron chi connectivity index (χ1n) is 7.17. The quantitative estimate of drug-likeness (QED) is 0.739. The smallest absolute Gasteiger partial charge is 0.161 e. The molecule has 1 saturated heterocycles. The summed E-state index contributed by atoms with van der Waals surface area (Å²) >= 11 is 0. The fourth-order valence-corrected chi connectivity index (χ4v) is 2.42. The van der Waals surface area contributed by atoms with E-state index in [4.69, 9.17) is 4.74 Å². The zero-order valence-corrected chi connectivity index (χ0v) is 11.7. The molecule has 0 aromatic heterocycles. The van der Waals surface area contributed by atoms with Crippen molar-refractivity contribution in [2.24, 2.45) is 0 Å². The van der Waals surface area contributed by atoms with Gasteiger partial charge in [-0.2, -0.15) is 0 Å². The predicted octanol–water partition coefficient (Wildman–Crippen LogP) is 1.98. The monoisotopic (exact) mass is 264 g/mol. The van der Waals surface area contributed by atoms with Gasteiger partial charge in [0.2, 0.25) is 0 Å². The van der Waals surface area contributed by atoms with Gasteiger partial charge in [-0.25, -0.2) is 0 Å². The van der Waals surface area contributed by atoms with E-state index in [1.165, 1.54) is 25.9 Å². The van der Waals surface area contributed by atoms with E-state index in [1.807, 2.05) is 19.1 Å². The second-order valence-corrected chi connectivity index (χ2v) is 4.96. The molecular formula is C15H24N2O2. The zero-order chi connectivity index (χ0) is 13.5. The molecule has 4 heteroatoms. The predicted molar refractivity (Wildman–Crippen MR) is 76.7 cm³/mol. The van der Waals surface area contributed by atoms with Gasteiger partial charge < -0.3 is 20.1 Å². The van der Waals surface area contributed by atoms with Crippen LogP contribution in [0.15, 0.2) is 18.2 Å². The number of hydrogen-bond donors (Lipinski definition) is 2. The SMILES string of the molecule is CCOc1cc(CNCCN2CCCC2)ccc1O. The Balaban J connectivity index is 1.74. The van der Waals surface area contributed by atoms with Gasteiger partial charge in [-0.3, -0.25) is 0 Å². The topological polar surface area (TPSA) is 44.7 Å². The van der Waals surface area contributed by atoms with Crippen LogP contribution in [0.5, 0.6) is 11.5 Å². The minimum absolute atomic E-state index is 0.211. The number of likely N-dealkylation sites (tertiary alicyclic amines) is 1. The number of nitrogens with zero attached hydrogens (tertiary/aromatic N) is 1. The first-order valence-corrected chi connectivity index (χ1v) is 7.17. The van der Waals surface area contributed by atoms with Crippen LogP contribution in [0.4, 0.5) is 0 Å². The molecule has 0 saturated carbocycles. The summed E-state index contributed by atoms with van der Waals surface area (Å²) < 4.78 is 5.38. The van der Waals surface area contributed by atoms with Crippen molar-refractivity contribution in [1.82, 2.24) is 10.2 Å². The number of ether oxygens (including phenoxy) is 1. The third-order valence-corrected chi connectivity index (χ3v) is 3.46. The molecule has 1 fully saturated rings. The first kappa shape index (κ1) is 14.2. The Morgan fingerprint density at radius 3 is 2.84 bits per heavy atom. The molecule has 19 heavy (non-hydrogen) atoms. The molecule has 106 valence electrons. The summed E-state index contributed by atoms with van der Waals surface area (Å²) in [7, 11) is 0. The maximum atomic E-state index is 9.63. The number of aromatic hydroxyl groups is 1. The lowest BCUT2D eigenvalue weighted by Crippen LogP contribution is -2.29. The number of hydrogen-bond acceptors (Lipinski definition) is 4. The molecule has 4 nitrogen and oxygen atoms in total. The number of nitrogens with one attached hydrogen (secondary N) is 1. The average Bonchev–Trinajstić information content (AvgIpc) is 2.92. The van der Waals surface area contributed by atoms with Crippen LogP contribution in [-0.2, 0) is 6.54 Å². The van der Waals surface area contributed by atoms with Gasteiger partial charge in [-0.1, -0.05) is 6.07 Å². The minimum atomic E-state index is 0.211. The van der Waals surface area contributed by atoms with E-state index < -0.39 is 0 Å². The third kappa shape index (κ3) is 4.40. The van der Waals surface area contributed by atoms with Crippen LogP contribution in [0.2, 0.25) is 0 Å². The largest absolute Gasteiger partial charge is 0.504 e. The van der Waals surface area contributed by atoms with Crippen molar-refractivity contribution < 1.29 is 9.84 Å². The number of rotatable bonds is 7. The molecule has 1 aromatic rings. The van der Waals surface area contributed by atoms with Crippen molar-refractivity contribution >= 4 is 0 Å². The van der Waals surface area contributed by atoms with Crippen molar-refractivity contribution in [3.05, 3.63) is 23.8 Å². The summed E-state index contributed by atoms with van der Waals surface area (Å²) in [6, 6.07) is 5.53. The van der Waals surface area contributed by atoms with E-state index in [-0.39, 0.29) is 5.75 Å². The van der Waals surface area contributed by atoms with Gasteiger partial charge in [0.05, 0.1) is 6.61 Å². The van der Waals surface area contributed by atoms with Crippen LogP contribution >= 0.6 is 0 Å². The molecule has 0 radical (unpaired) electrons. The Kier molecular flexibility index (Phi) is 5.48. The van der Waals surface area contributed by atoms with E-state index in [1.54, 1.807) is 6.07 Å². The van der Waals surface area contributed by atoms with Gasteiger partial charge >= 0.3 is 0 Å². The Morgan fingerprint density at radius 1 is 1.32 bits per heavy atom. The van der Waals surface area contributed by atoms with E-state index in [2.05, 4.69) is 10.2 Å². The standard InChI is InChI=1S/C15H24N2O2/c1-2-19-15-11-13(5-6-14(15)18)12-16-7-10-17-8-3-4-9-17/h5-6,11,16,18H,2-4,7-10,12H2,1H3. The van der Waals surface area contributed by atoms with E-state index in [9.17, 15) is 5.11 Å². The van der Waals surface area contributed by atoms with Crippen molar-refractivity contribution in [2.45, 2.75) is 26.3 Å². The van der Waals surface area contributed by atoms with Crippen molar-refractivity contribution in [2.75, 3.05) is 32.8 Å². The lowest BCUT2D eigenvalue weighted by molar-refractivity contribution is 0.317. The van der Waals surface area contributed by atoms with Gasteiger partial charge in [0.25, 0.3) is 0 Å². The fraction of sp³-hybridized carbons (Fsp3) is 0.600. The van der Waals surface area contributed by atoms with Crippen LogP contribution in [0.3, 0.4) is 0 Å². The maximum absolute atomic E-state index is 9.63. The van der Waals surface area contributed by atoms with Gasteiger partial charge in [0.1, 0.15) is 0 Å². The van der Waals surface area contributed by atoms with Gasteiger partial charge in [-0.05, 0) is 50.6 Å². The highest BCUT2D eigenvalue weighted by Crippen LogP contribution is 2.26. The molecule has 0 aliphatic carbocycles. The average molecular weight is 264 g/mol. The molecule has 2 rings (SSSR count). The molecular weight excluding hydrogens is 240 g/mol. The number of phenolic OH excluding ortho intramolecular Hbond substituents is 1. The van der Waals surface area contributed by atoms with Crippen LogP contribution < -0.4 is 10.1 Å². The van der Waals surface area contributed by atoms with Crippen molar-refractivity contribution in [3.8, 4) is 11.5 Å². The summed E-state index contributed by atoms with van der Waals surface area (Å²) in [6.07, 6.45) is 2.69. The molecule has 1 heterocycles. The van der Waals surface area contributed by atoms with Crippen LogP contribution in [0.1, 0.15) is 25.3 Å². The highest BCUT2D eigenvalue weighted by Gasteiger charge is 2.10. The lowest BCUT2D eigenvalue weighted by atomic mass is 10.2. The molecule has 0 spiro atoms. The summed E-state index contributed by atoms with van der Waals surface area (Å²) in [6.45, 7) is 7.92. The molecule has 1 aromatic carbocycles. The summed E-state index contributed by atoms with van der Waals surface area (Å²) in [5, 5.41) is 13.1. The summed E-state index contributed by atoms with van der Waals surface area (Å²) in [5.41, 5.74) is 1.14. The van der Waals surface area contributed by atoms with Crippen LogP contribution in [-0.4, -0.2) is 42.8 Å². The fourth-order valence-electron chi connectivity index (χ4n) is 2.42. The van der Waals surface area contributed by atoms with Crippen molar-refractivity contribution in [1.29, 1.82) is 0 Å². The normalized spacial score (nSPS) is 15.8. The minimum Gasteiger partial charge on any atom is -0.504 e. The van der Waals surface area contributed by atoms with E-state index >= 15 is 0 Å². The first-order chi connectivity index (χ1) is 9.29. The van der Waals surface area contributed by atoms with Crippen molar-refractivity contribution in [3.63, 3.8) is 0 Å². The molecule has 1 aliphatic heterocycles. The molecule has 2 N–H and O–H groups in total. The van der Waals surface area contributed by atoms with E-state index in [0.717, 1.165) is 25.2 Å². The van der Waals surface area contributed by atoms with Crippen LogP contribution in [0.25, 0.3) is 0 Å². The maximum Gasteiger partial charge on any atom is 0.161 e. The Bertz CT molecular complexity index is 390. The Labute approximate surface area is 115 Å². The molecule has 0 unspecified atom stereocenters. The molecule has 0 amide bonds. The highest BCUT2D eigenvalue weighted by molar-refractivity contribution is 5.41. The number of benzene rings is 1. The van der Waals surface area contributed by atoms with Gasteiger partial charge in [0.15, 0.2) is 11.5 Å². The summed E-state index contributed by atoms with van der Waals surface area (Å²) in [4.78, 5) is 2.50. The zero-order valence-electron chi connectivity index (χ0n) is 11.7.